The van der Waals surface area contributed by atoms with Crippen molar-refractivity contribution in [3.8, 4) is 0 Å². The number of halogens is 1. The lowest BCUT2D eigenvalue weighted by Crippen LogP contribution is -2.78. The van der Waals surface area contributed by atoms with E-state index in [9.17, 15) is 5.11 Å². The smallest absolute Gasteiger partial charge is 0.0892 e. The number of hydrogen-bond acceptors (Lipinski definition) is 2. The van der Waals surface area contributed by atoms with Crippen LogP contribution in [0.5, 0.6) is 0 Å². The van der Waals surface area contributed by atoms with Crippen molar-refractivity contribution in [3.63, 3.8) is 0 Å². The normalized spacial score (nSPS) is 28.5. The van der Waals surface area contributed by atoms with E-state index in [0.717, 1.165) is 0 Å². The maximum Gasteiger partial charge on any atom is 0.0892 e. The Hall–Kier alpha value is 0.210. The Balaban J connectivity index is 0.000000810. The molecule has 0 saturated carbocycles. The minimum absolute atomic E-state index is 0. The van der Waals surface area contributed by atoms with Crippen LogP contribution < -0.4 is 5.32 Å². The fourth-order valence-corrected chi connectivity index (χ4v) is 1.79. The van der Waals surface area contributed by atoms with Gasteiger partial charge >= 0.3 is 0 Å². The van der Waals surface area contributed by atoms with Crippen LogP contribution in [0.25, 0.3) is 0 Å². The van der Waals surface area contributed by atoms with Gasteiger partial charge in [-0.25, -0.2) is 0 Å². The molecular formula is C7H16ClNO. The maximum absolute atomic E-state index is 9.44. The largest absolute Gasteiger partial charge is 0.389 e. The van der Waals surface area contributed by atoms with Crippen LogP contribution in [0.2, 0.25) is 0 Å². The number of rotatable bonds is 0. The fourth-order valence-electron chi connectivity index (χ4n) is 1.79. The molecule has 2 nitrogen and oxygen atoms in total. The lowest BCUT2D eigenvalue weighted by molar-refractivity contribution is -0.0863. The highest BCUT2D eigenvalue weighted by atomic mass is 35.5. The summed E-state index contributed by atoms with van der Waals surface area (Å²) in [5.74, 6) is 0. The molecule has 10 heavy (non-hydrogen) atoms. The number of aliphatic hydroxyl groups is 1. The Kier molecular flexibility index (Phi) is 2.41. The van der Waals surface area contributed by atoms with Gasteiger partial charge in [0.15, 0.2) is 0 Å². The molecule has 1 fully saturated rings. The van der Waals surface area contributed by atoms with E-state index >= 15 is 0 Å². The van der Waals surface area contributed by atoms with E-state index in [1.54, 1.807) is 0 Å². The van der Waals surface area contributed by atoms with Crippen LogP contribution in [0.1, 0.15) is 27.7 Å². The number of aliphatic hydroxyl groups excluding tert-OH is 1. The summed E-state index contributed by atoms with van der Waals surface area (Å²) in [6, 6.07) is 0. The molecule has 3 heteroatoms. The number of nitrogens with one attached hydrogen (secondary N) is 1. The molecule has 0 aromatic heterocycles. The predicted octanol–water partition coefficient (Wildman–Crippen LogP) is 0.929. The molecule has 0 radical (unpaired) electrons. The molecule has 0 amide bonds. The van der Waals surface area contributed by atoms with Gasteiger partial charge in [0.25, 0.3) is 0 Å². The Bertz CT molecular complexity index is 120. The second kappa shape index (κ2) is 2.36. The average molecular weight is 166 g/mol. The van der Waals surface area contributed by atoms with Crippen molar-refractivity contribution in [2.45, 2.75) is 44.9 Å². The minimum Gasteiger partial charge on any atom is -0.389 e. The first-order valence-electron chi connectivity index (χ1n) is 3.34. The van der Waals surface area contributed by atoms with Gasteiger partial charge in [0.05, 0.1) is 6.10 Å². The molecule has 1 saturated heterocycles. The van der Waals surface area contributed by atoms with Gasteiger partial charge in [-0.3, -0.25) is 0 Å². The lowest BCUT2D eigenvalue weighted by atomic mass is 9.73. The van der Waals surface area contributed by atoms with Crippen molar-refractivity contribution >= 4 is 12.4 Å². The highest BCUT2D eigenvalue weighted by Gasteiger charge is 2.51. The monoisotopic (exact) mass is 165 g/mol. The molecule has 0 aromatic carbocycles. The molecular weight excluding hydrogens is 150 g/mol. The van der Waals surface area contributed by atoms with E-state index in [1.165, 1.54) is 0 Å². The van der Waals surface area contributed by atoms with Crippen molar-refractivity contribution in [3.05, 3.63) is 0 Å². The van der Waals surface area contributed by atoms with E-state index in [-0.39, 0.29) is 29.6 Å². The second-order valence-corrected chi connectivity index (χ2v) is 3.97. The highest BCUT2D eigenvalue weighted by Crippen LogP contribution is 2.32. The van der Waals surface area contributed by atoms with Gasteiger partial charge in [0.1, 0.15) is 0 Å². The molecule has 0 spiro atoms. The first-order valence-corrected chi connectivity index (χ1v) is 3.34. The van der Waals surface area contributed by atoms with Crippen LogP contribution in [0.15, 0.2) is 0 Å². The fraction of sp³-hybridized carbons (Fsp3) is 1.00. The molecule has 1 heterocycles. The first kappa shape index (κ1) is 10.2. The van der Waals surface area contributed by atoms with Gasteiger partial charge in [0.2, 0.25) is 0 Å². The Morgan fingerprint density at radius 3 is 1.40 bits per heavy atom. The summed E-state index contributed by atoms with van der Waals surface area (Å²) in [6.45, 7) is 8.01. The molecule has 62 valence electrons. The van der Waals surface area contributed by atoms with Gasteiger partial charge < -0.3 is 10.4 Å². The van der Waals surface area contributed by atoms with Crippen molar-refractivity contribution < 1.29 is 5.11 Å². The van der Waals surface area contributed by atoms with Gasteiger partial charge in [-0.05, 0) is 27.7 Å². The average Bonchev–Trinajstić information content (AvgIpc) is 1.63. The molecule has 1 rings (SSSR count). The van der Waals surface area contributed by atoms with E-state index in [4.69, 9.17) is 0 Å². The van der Waals surface area contributed by atoms with Crippen LogP contribution in [0.3, 0.4) is 0 Å². The summed E-state index contributed by atoms with van der Waals surface area (Å²) in [7, 11) is 0. The van der Waals surface area contributed by atoms with Gasteiger partial charge in [-0.2, -0.15) is 0 Å². The summed E-state index contributed by atoms with van der Waals surface area (Å²) >= 11 is 0. The summed E-state index contributed by atoms with van der Waals surface area (Å²) in [6.07, 6.45) is -0.218. The first-order chi connectivity index (χ1) is 3.86. The molecule has 1 aliphatic heterocycles. The molecule has 2 N–H and O–H groups in total. The minimum atomic E-state index is -0.218. The zero-order valence-corrected chi connectivity index (χ0v) is 7.75. The summed E-state index contributed by atoms with van der Waals surface area (Å²) in [5, 5.41) is 12.7. The highest BCUT2D eigenvalue weighted by molar-refractivity contribution is 5.85. The zero-order chi connectivity index (χ0) is 7.28. The molecule has 0 aromatic rings. The molecule has 0 aliphatic carbocycles. The van der Waals surface area contributed by atoms with Gasteiger partial charge in [0, 0.05) is 11.1 Å². The topological polar surface area (TPSA) is 32.3 Å². The van der Waals surface area contributed by atoms with Crippen LogP contribution in [-0.4, -0.2) is 22.3 Å². The van der Waals surface area contributed by atoms with Crippen LogP contribution in [-0.2, 0) is 0 Å². The van der Waals surface area contributed by atoms with Crippen molar-refractivity contribution in [1.82, 2.24) is 5.32 Å². The standard InChI is InChI=1S/C7H15NO.ClH/c1-6(2)5(9)7(3,4)8-6;/h5,8-9H,1-4H3;1H. The summed E-state index contributed by atoms with van der Waals surface area (Å²) in [4.78, 5) is 0. The van der Waals surface area contributed by atoms with Crippen LogP contribution in [0, 0.1) is 0 Å². The Labute approximate surface area is 68.4 Å². The third-order valence-electron chi connectivity index (χ3n) is 2.01. The van der Waals surface area contributed by atoms with Crippen molar-refractivity contribution in [1.29, 1.82) is 0 Å². The van der Waals surface area contributed by atoms with Crippen LogP contribution in [0.4, 0.5) is 0 Å². The van der Waals surface area contributed by atoms with Crippen molar-refractivity contribution in [2.24, 2.45) is 0 Å². The molecule has 1 aliphatic rings. The second-order valence-electron chi connectivity index (χ2n) is 3.97. The van der Waals surface area contributed by atoms with E-state index in [1.807, 2.05) is 27.7 Å². The predicted molar refractivity (Wildman–Crippen MR) is 44.5 cm³/mol. The SMILES string of the molecule is CC1(C)NC(C)(C)C1O.Cl. The summed E-state index contributed by atoms with van der Waals surface area (Å²) in [5.41, 5.74) is -0.160. The Morgan fingerprint density at radius 1 is 1.10 bits per heavy atom. The number of hydrogen-bond donors (Lipinski definition) is 2. The molecule has 0 unspecified atom stereocenters. The summed E-state index contributed by atoms with van der Waals surface area (Å²) < 4.78 is 0. The zero-order valence-electron chi connectivity index (χ0n) is 6.93. The lowest BCUT2D eigenvalue weighted by Gasteiger charge is -2.56. The quantitative estimate of drug-likeness (QED) is 0.560. The van der Waals surface area contributed by atoms with E-state index < -0.39 is 0 Å². The van der Waals surface area contributed by atoms with Gasteiger partial charge in [-0.15, -0.1) is 12.4 Å². The molecule has 0 atom stereocenters. The third kappa shape index (κ3) is 1.29. The Morgan fingerprint density at radius 2 is 1.40 bits per heavy atom. The van der Waals surface area contributed by atoms with E-state index in [2.05, 4.69) is 5.32 Å². The maximum atomic E-state index is 9.44. The third-order valence-corrected chi connectivity index (χ3v) is 2.01. The van der Waals surface area contributed by atoms with Crippen molar-refractivity contribution in [2.75, 3.05) is 0 Å². The molecule has 0 bridgehead atoms. The van der Waals surface area contributed by atoms with E-state index in [0.29, 0.717) is 0 Å². The van der Waals surface area contributed by atoms with Gasteiger partial charge in [-0.1, -0.05) is 0 Å². The van der Waals surface area contributed by atoms with Crippen LogP contribution >= 0.6 is 12.4 Å².